The second-order valence-corrected chi connectivity index (χ2v) is 6.54. The molecule has 17 heavy (non-hydrogen) atoms. The molecular weight excluding hydrogens is 306 g/mol. The second kappa shape index (κ2) is 6.37. The van der Waals surface area contributed by atoms with Crippen molar-refractivity contribution in [2.45, 2.75) is 13.3 Å². The molecule has 1 N–H and O–H groups in total. The lowest BCUT2D eigenvalue weighted by Gasteiger charge is -2.09. The zero-order valence-electron chi connectivity index (χ0n) is 9.86. The molecule has 4 nitrogen and oxygen atoms in total. The molecular formula is C11H16BrNO3S. The molecule has 96 valence electrons. The van der Waals surface area contributed by atoms with Crippen LogP contribution in [0.25, 0.3) is 0 Å². The number of anilines is 1. The standard InChI is InChI=1S/C11H16BrNO3S/c1-9-6-10(12)8-11(7-9)13-17(14,15)5-3-4-16-2/h6-8,13H,3-5H2,1-2H3. The van der Waals surface area contributed by atoms with E-state index in [2.05, 4.69) is 20.7 Å². The van der Waals surface area contributed by atoms with Crippen molar-refractivity contribution < 1.29 is 13.2 Å². The van der Waals surface area contributed by atoms with E-state index in [1.54, 1.807) is 19.2 Å². The van der Waals surface area contributed by atoms with Gasteiger partial charge in [0, 0.05) is 23.9 Å². The first-order valence-electron chi connectivity index (χ1n) is 5.19. The fourth-order valence-electron chi connectivity index (χ4n) is 1.42. The third-order valence-corrected chi connectivity index (χ3v) is 3.91. The number of sulfonamides is 1. The Labute approximate surface area is 111 Å². The summed E-state index contributed by atoms with van der Waals surface area (Å²) in [6.45, 7) is 2.35. The van der Waals surface area contributed by atoms with E-state index < -0.39 is 10.0 Å². The van der Waals surface area contributed by atoms with E-state index in [1.165, 1.54) is 0 Å². The quantitative estimate of drug-likeness (QED) is 0.819. The second-order valence-electron chi connectivity index (χ2n) is 3.78. The first-order valence-corrected chi connectivity index (χ1v) is 7.64. The third-order valence-electron chi connectivity index (χ3n) is 2.08. The molecule has 0 atom stereocenters. The Morgan fingerprint density at radius 2 is 2.06 bits per heavy atom. The highest BCUT2D eigenvalue weighted by Gasteiger charge is 2.10. The maximum absolute atomic E-state index is 11.7. The Kier molecular flexibility index (Phi) is 5.42. The van der Waals surface area contributed by atoms with Crippen LogP contribution >= 0.6 is 15.9 Å². The summed E-state index contributed by atoms with van der Waals surface area (Å²) < 4.78 is 31.7. The molecule has 6 heteroatoms. The summed E-state index contributed by atoms with van der Waals surface area (Å²) in [7, 11) is -1.74. The first-order chi connectivity index (χ1) is 7.93. The van der Waals surface area contributed by atoms with Crippen LogP contribution in [0.3, 0.4) is 0 Å². The highest BCUT2D eigenvalue weighted by Crippen LogP contribution is 2.20. The van der Waals surface area contributed by atoms with E-state index in [0.717, 1.165) is 10.0 Å². The maximum atomic E-state index is 11.7. The maximum Gasteiger partial charge on any atom is 0.232 e. The Bertz CT molecular complexity index is 453. The van der Waals surface area contributed by atoms with Gasteiger partial charge in [-0.15, -0.1) is 0 Å². The summed E-state index contributed by atoms with van der Waals surface area (Å²) in [6, 6.07) is 5.45. The van der Waals surface area contributed by atoms with Gasteiger partial charge < -0.3 is 4.74 Å². The lowest BCUT2D eigenvalue weighted by Crippen LogP contribution is -2.17. The molecule has 0 radical (unpaired) electrons. The van der Waals surface area contributed by atoms with Crippen LogP contribution in [0.2, 0.25) is 0 Å². The van der Waals surface area contributed by atoms with Gasteiger partial charge in [0.1, 0.15) is 0 Å². The molecule has 0 aliphatic rings. The summed E-state index contributed by atoms with van der Waals surface area (Å²) in [6.07, 6.45) is 0.485. The van der Waals surface area contributed by atoms with E-state index >= 15 is 0 Å². The minimum atomic E-state index is -3.29. The fourth-order valence-corrected chi connectivity index (χ4v) is 3.10. The van der Waals surface area contributed by atoms with E-state index in [-0.39, 0.29) is 5.75 Å². The van der Waals surface area contributed by atoms with Crippen LogP contribution in [0.15, 0.2) is 22.7 Å². The highest BCUT2D eigenvalue weighted by molar-refractivity contribution is 9.10. The van der Waals surface area contributed by atoms with Gasteiger partial charge in [-0.3, -0.25) is 4.72 Å². The molecule has 0 aromatic heterocycles. The smallest absolute Gasteiger partial charge is 0.232 e. The number of hydrogen-bond donors (Lipinski definition) is 1. The number of hydrogen-bond acceptors (Lipinski definition) is 3. The molecule has 0 fully saturated rings. The molecule has 0 heterocycles. The Morgan fingerprint density at radius 1 is 1.35 bits per heavy atom. The van der Waals surface area contributed by atoms with Gasteiger partial charge in [0.05, 0.1) is 5.75 Å². The number of methoxy groups -OCH3 is 1. The third kappa shape index (κ3) is 5.52. The number of nitrogens with one attached hydrogen (secondary N) is 1. The molecule has 0 aliphatic carbocycles. The molecule has 1 rings (SSSR count). The fraction of sp³-hybridized carbons (Fsp3) is 0.455. The van der Waals surface area contributed by atoms with Crippen LogP contribution in [0.5, 0.6) is 0 Å². The van der Waals surface area contributed by atoms with Crippen LogP contribution in [-0.4, -0.2) is 27.9 Å². The van der Waals surface area contributed by atoms with E-state index in [0.29, 0.717) is 18.7 Å². The van der Waals surface area contributed by atoms with Crippen molar-refractivity contribution in [1.82, 2.24) is 0 Å². The summed E-state index contributed by atoms with van der Waals surface area (Å²) in [5, 5.41) is 0. The van der Waals surface area contributed by atoms with Crippen LogP contribution in [0.1, 0.15) is 12.0 Å². The summed E-state index contributed by atoms with van der Waals surface area (Å²) in [5.41, 5.74) is 1.57. The number of halogens is 1. The van der Waals surface area contributed by atoms with Crippen molar-refractivity contribution in [2.75, 3.05) is 24.2 Å². The van der Waals surface area contributed by atoms with Crippen LogP contribution in [0.4, 0.5) is 5.69 Å². The lowest BCUT2D eigenvalue weighted by molar-refractivity contribution is 0.199. The zero-order valence-corrected chi connectivity index (χ0v) is 12.3. The summed E-state index contributed by atoms with van der Waals surface area (Å²) >= 11 is 3.33. The van der Waals surface area contributed by atoms with Gasteiger partial charge in [-0.25, -0.2) is 8.42 Å². The zero-order chi connectivity index (χ0) is 12.9. The van der Waals surface area contributed by atoms with Gasteiger partial charge in [0.25, 0.3) is 0 Å². The molecule has 0 spiro atoms. The monoisotopic (exact) mass is 321 g/mol. The van der Waals surface area contributed by atoms with Gasteiger partial charge in [-0.05, 0) is 37.1 Å². The molecule has 0 saturated carbocycles. The molecule has 0 aliphatic heterocycles. The lowest BCUT2D eigenvalue weighted by atomic mass is 10.2. The van der Waals surface area contributed by atoms with Gasteiger partial charge in [-0.2, -0.15) is 0 Å². The molecule has 0 bridgehead atoms. The number of ether oxygens (including phenoxy) is 1. The molecule has 0 saturated heterocycles. The van der Waals surface area contributed by atoms with Crippen LogP contribution in [0, 0.1) is 6.92 Å². The Hall–Kier alpha value is -0.590. The van der Waals surface area contributed by atoms with Gasteiger partial charge in [0.2, 0.25) is 10.0 Å². The predicted octanol–water partition coefficient (Wildman–Crippen LogP) is 2.54. The minimum absolute atomic E-state index is 0.0619. The number of benzene rings is 1. The van der Waals surface area contributed by atoms with Crippen molar-refractivity contribution in [1.29, 1.82) is 0 Å². The van der Waals surface area contributed by atoms with Crippen LogP contribution in [-0.2, 0) is 14.8 Å². The average Bonchev–Trinajstić information content (AvgIpc) is 2.14. The first kappa shape index (κ1) is 14.5. The van der Waals surface area contributed by atoms with Crippen LogP contribution < -0.4 is 4.72 Å². The van der Waals surface area contributed by atoms with Crippen molar-refractivity contribution in [3.05, 3.63) is 28.2 Å². The van der Waals surface area contributed by atoms with Gasteiger partial charge in [-0.1, -0.05) is 15.9 Å². The van der Waals surface area contributed by atoms with E-state index in [4.69, 9.17) is 4.74 Å². The minimum Gasteiger partial charge on any atom is -0.385 e. The predicted molar refractivity (Wildman–Crippen MR) is 72.8 cm³/mol. The summed E-state index contributed by atoms with van der Waals surface area (Å²) in [5.74, 6) is 0.0619. The normalized spacial score (nSPS) is 11.5. The number of aryl methyl sites for hydroxylation is 1. The average molecular weight is 322 g/mol. The topological polar surface area (TPSA) is 55.4 Å². The van der Waals surface area contributed by atoms with E-state index in [9.17, 15) is 8.42 Å². The molecule has 0 unspecified atom stereocenters. The van der Waals surface area contributed by atoms with Crippen molar-refractivity contribution >= 4 is 31.6 Å². The molecule has 0 amide bonds. The molecule has 1 aromatic rings. The van der Waals surface area contributed by atoms with Gasteiger partial charge in [0.15, 0.2) is 0 Å². The molecule has 1 aromatic carbocycles. The van der Waals surface area contributed by atoms with Crippen molar-refractivity contribution in [2.24, 2.45) is 0 Å². The highest BCUT2D eigenvalue weighted by atomic mass is 79.9. The van der Waals surface area contributed by atoms with Crippen molar-refractivity contribution in [3.63, 3.8) is 0 Å². The van der Waals surface area contributed by atoms with Gasteiger partial charge >= 0.3 is 0 Å². The Balaban J connectivity index is 2.69. The van der Waals surface area contributed by atoms with E-state index in [1.807, 2.05) is 13.0 Å². The SMILES string of the molecule is COCCCS(=O)(=O)Nc1cc(C)cc(Br)c1. The van der Waals surface area contributed by atoms with Crippen molar-refractivity contribution in [3.8, 4) is 0 Å². The summed E-state index contributed by atoms with van der Waals surface area (Å²) in [4.78, 5) is 0. The number of rotatable bonds is 6. The Morgan fingerprint density at radius 3 is 2.65 bits per heavy atom. The largest absolute Gasteiger partial charge is 0.385 e.